The predicted molar refractivity (Wildman–Crippen MR) is 108 cm³/mol. The van der Waals surface area contributed by atoms with Crippen LogP contribution in [-0.2, 0) is 28.5 Å². The average Bonchev–Trinajstić information content (AvgIpc) is 2.69. The van der Waals surface area contributed by atoms with Crippen LogP contribution >= 0.6 is 0 Å². The highest BCUT2D eigenvalue weighted by atomic mass is 16.6. The fourth-order valence-electron chi connectivity index (χ4n) is 2.17. The molecule has 1 aromatic rings. The van der Waals surface area contributed by atoms with E-state index in [4.69, 9.17) is 9.47 Å². The van der Waals surface area contributed by atoms with Gasteiger partial charge in [-0.25, -0.2) is 14.4 Å². The van der Waals surface area contributed by atoms with Crippen molar-refractivity contribution in [1.82, 2.24) is 5.32 Å². The Hall–Kier alpha value is -3.63. The molecule has 0 heterocycles. The van der Waals surface area contributed by atoms with Crippen LogP contribution in [0.3, 0.4) is 0 Å². The molecule has 2 N–H and O–H groups in total. The van der Waals surface area contributed by atoms with Crippen molar-refractivity contribution in [2.45, 2.75) is 32.8 Å². The zero-order valence-electron chi connectivity index (χ0n) is 18.0. The summed E-state index contributed by atoms with van der Waals surface area (Å²) in [6, 6.07) is 3.84. The van der Waals surface area contributed by atoms with Crippen LogP contribution in [0.1, 0.15) is 47.9 Å². The topological polar surface area (TPSA) is 146 Å². The third-order valence-electron chi connectivity index (χ3n) is 3.42. The van der Waals surface area contributed by atoms with E-state index >= 15 is 0 Å². The second kappa shape index (κ2) is 11.5. The molecule has 2 amide bonds. The number of esters is 3. The number of anilines is 1. The third-order valence-corrected chi connectivity index (χ3v) is 3.42. The maximum Gasteiger partial charge on any atom is 0.407 e. The van der Waals surface area contributed by atoms with Gasteiger partial charge in [-0.2, -0.15) is 0 Å². The lowest BCUT2D eigenvalue weighted by atomic mass is 10.1. The summed E-state index contributed by atoms with van der Waals surface area (Å²) in [5, 5.41) is 4.81. The summed E-state index contributed by atoms with van der Waals surface area (Å²) in [5.74, 6) is -2.86. The van der Waals surface area contributed by atoms with Crippen LogP contribution in [0.15, 0.2) is 18.2 Å². The number of carbonyl (C=O) groups excluding carboxylic acids is 5. The minimum Gasteiger partial charge on any atom is -0.465 e. The van der Waals surface area contributed by atoms with Gasteiger partial charge in [0.2, 0.25) is 0 Å². The van der Waals surface area contributed by atoms with Crippen LogP contribution in [0.2, 0.25) is 0 Å². The van der Waals surface area contributed by atoms with Crippen molar-refractivity contribution in [1.29, 1.82) is 0 Å². The van der Waals surface area contributed by atoms with Gasteiger partial charge in [-0.15, -0.1) is 0 Å². The minimum atomic E-state index is -0.718. The standard InChI is InChI=1S/C20H26N2O9/c1-20(2,3)31-19(27)21-7-6-16(24)30-11-15(23)22-14-9-12(17(25)28-4)8-13(10-14)18(26)29-5/h8-10H,6-7,11H2,1-5H3,(H,21,27)(H,22,23). The first-order chi connectivity index (χ1) is 14.4. The van der Waals surface area contributed by atoms with Gasteiger partial charge < -0.3 is 29.6 Å². The number of nitrogens with one attached hydrogen (secondary N) is 2. The lowest BCUT2D eigenvalue weighted by Crippen LogP contribution is -2.34. The Balaban J connectivity index is 2.58. The Morgan fingerprint density at radius 3 is 1.94 bits per heavy atom. The Morgan fingerprint density at radius 1 is 0.903 bits per heavy atom. The molecule has 0 fully saturated rings. The van der Waals surface area contributed by atoms with Crippen LogP contribution in [0, 0.1) is 0 Å². The Labute approximate surface area is 179 Å². The first-order valence-electron chi connectivity index (χ1n) is 9.19. The quantitative estimate of drug-likeness (QED) is 0.457. The number of rotatable bonds is 8. The summed E-state index contributed by atoms with van der Waals surface area (Å²) >= 11 is 0. The van der Waals surface area contributed by atoms with Crippen molar-refractivity contribution >= 4 is 35.6 Å². The number of carbonyl (C=O) groups is 5. The second-order valence-corrected chi connectivity index (χ2v) is 7.17. The zero-order chi connectivity index (χ0) is 23.6. The van der Waals surface area contributed by atoms with Gasteiger partial charge >= 0.3 is 24.0 Å². The monoisotopic (exact) mass is 438 g/mol. The lowest BCUT2D eigenvalue weighted by Gasteiger charge is -2.19. The zero-order valence-corrected chi connectivity index (χ0v) is 18.0. The van der Waals surface area contributed by atoms with E-state index in [2.05, 4.69) is 20.1 Å². The van der Waals surface area contributed by atoms with Crippen molar-refractivity contribution in [3.8, 4) is 0 Å². The van der Waals surface area contributed by atoms with E-state index in [1.54, 1.807) is 20.8 Å². The molecule has 31 heavy (non-hydrogen) atoms. The van der Waals surface area contributed by atoms with Crippen LogP contribution in [0.5, 0.6) is 0 Å². The van der Waals surface area contributed by atoms with E-state index in [9.17, 15) is 24.0 Å². The van der Waals surface area contributed by atoms with E-state index in [-0.39, 0.29) is 29.8 Å². The number of alkyl carbamates (subject to hydrolysis) is 1. The molecule has 0 spiro atoms. The SMILES string of the molecule is COC(=O)c1cc(NC(=O)COC(=O)CCNC(=O)OC(C)(C)C)cc(C(=O)OC)c1. The first kappa shape index (κ1) is 25.4. The Morgan fingerprint density at radius 2 is 1.45 bits per heavy atom. The van der Waals surface area contributed by atoms with Gasteiger partial charge in [0.1, 0.15) is 5.60 Å². The highest BCUT2D eigenvalue weighted by Gasteiger charge is 2.17. The van der Waals surface area contributed by atoms with E-state index in [0.717, 1.165) is 0 Å². The summed E-state index contributed by atoms with van der Waals surface area (Å²) in [7, 11) is 2.34. The molecule has 0 atom stereocenters. The average molecular weight is 438 g/mol. The second-order valence-electron chi connectivity index (χ2n) is 7.17. The largest absolute Gasteiger partial charge is 0.465 e. The Bertz CT molecular complexity index is 809. The molecule has 0 aromatic heterocycles. The number of benzene rings is 1. The van der Waals surface area contributed by atoms with Crippen LogP contribution in [0.25, 0.3) is 0 Å². The van der Waals surface area contributed by atoms with Gasteiger partial charge in [0.15, 0.2) is 6.61 Å². The number of hydrogen-bond donors (Lipinski definition) is 2. The van der Waals surface area contributed by atoms with Gasteiger partial charge in [-0.1, -0.05) is 0 Å². The summed E-state index contributed by atoms with van der Waals surface area (Å²) in [5.41, 5.74) is -0.519. The van der Waals surface area contributed by atoms with E-state index < -0.39 is 42.1 Å². The maximum absolute atomic E-state index is 12.0. The molecule has 170 valence electrons. The molecular formula is C20H26N2O9. The molecule has 0 radical (unpaired) electrons. The molecule has 11 nitrogen and oxygen atoms in total. The summed E-state index contributed by atoms with van der Waals surface area (Å²) in [6.45, 7) is 4.47. The van der Waals surface area contributed by atoms with Crippen molar-refractivity contribution in [3.63, 3.8) is 0 Å². The van der Waals surface area contributed by atoms with Gasteiger partial charge in [-0.3, -0.25) is 9.59 Å². The molecule has 1 rings (SSSR count). The van der Waals surface area contributed by atoms with Crippen LogP contribution in [0.4, 0.5) is 10.5 Å². The fraction of sp³-hybridized carbons (Fsp3) is 0.450. The molecular weight excluding hydrogens is 412 g/mol. The van der Waals surface area contributed by atoms with Crippen LogP contribution in [-0.4, -0.2) is 62.9 Å². The third kappa shape index (κ3) is 9.61. The Kier molecular flexibility index (Phi) is 9.45. The van der Waals surface area contributed by atoms with Crippen molar-refractivity contribution in [3.05, 3.63) is 29.3 Å². The fourth-order valence-corrected chi connectivity index (χ4v) is 2.17. The molecule has 0 aliphatic rings. The van der Waals surface area contributed by atoms with Gasteiger partial charge in [0.05, 0.1) is 31.8 Å². The minimum absolute atomic E-state index is 0.0194. The first-order valence-corrected chi connectivity index (χ1v) is 9.19. The van der Waals surface area contributed by atoms with Gasteiger partial charge in [0, 0.05) is 12.2 Å². The normalized spacial score (nSPS) is 10.5. The molecule has 0 bridgehead atoms. The van der Waals surface area contributed by atoms with Crippen molar-refractivity contribution in [2.24, 2.45) is 0 Å². The smallest absolute Gasteiger partial charge is 0.407 e. The van der Waals surface area contributed by atoms with Crippen LogP contribution < -0.4 is 10.6 Å². The van der Waals surface area contributed by atoms with E-state index in [1.807, 2.05) is 0 Å². The van der Waals surface area contributed by atoms with Gasteiger partial charge in [0.25, 0.3) is 5.91 Å². The molecule has 1 aromatic carbocycles. The molecule has 11 heteroatoms. The molecule has 0 unspecified atom stereocenters. The van der Waals surface area contributed by atoms with Crippen molar-refractivity contribution in [2.75, 3.05) is 32.7 Å². The number of amides is 2. The lowest BCUT2D eigenvalue weighted by molar-refractivity contribution is -0.147. The number of ether oxygens (including phenoxy) is 4. The summed E-state index contributed by atoms with van der Waals surface area (Å²) in [4.78, 5) is 58.8. The maximum atomic E-state index is 12.0. The highest BCUT2D eigenvalue weighted by Crippen LogP contribution is 2.17. The number of methoxy groups -OCH3 is 2. The van der Waals surface area contributed by atoms with Gasteiger partial charge in [-0.05, 0) is 39.0 Å². The highest BCUT2D eigenvalue weighted by molar-refractivity contribution is 6.00. The molecule has 0 saturated heterocycles. The van der Waals surface area contributed by atoms with E-state index in [1.165, 1.54) is 32.4 Å². The molecule has 0 saturated carbocycles. The summed E-state index contributed by atoms with van der Waals surface area (Å²) in [6.07, 6.45) is -0.846. The molecule has 0 aliphatic heterocycles. The number of hydrogen-bond acceptors (Lipinski definition) is 9. The van der Waals surface area contributed by atoms with E-state index in [0.29, 0.717) is 0 Å². The predicted octanol–water partition coefficient (Wildman–Crippen LogP) is 1.66. The summed E-state index contributed by atoms with van der Waals surface area (Å²) < 4.78 is 19.1. The van der Waals surface area contributed by atoms with Crippen molar-refractivity contribution < 1.29 is 42.9 Å². The molecule has 0 aliphatic carbocycles.